The average molecular weight is 408 g/mol. The van der Waals surface area contributed by atoms with Gasteiger partial charge in [0.1, 0.15) is 0 Å². The number of nitrogens with zero attached hydrogens (tertiary/aromatic N) is 1. The minimum absolute atomic E-state index is 0.0306. The van der Waals surface area contributed by atoms with E-state index in [0.29, 0.717) is 11.3 Å². The molecule has 1 fully saturated rings. The Morgan fingerprint density at radius 3 is 2.17 bits per heavy atom. The summed E-state index contributed by atoms with van der Waals surface area (Å²) in [7, 11) is 0. The zero-order valence-corrected chi connectivity index (χ0v) is 17.3. The van der Waals surface area contributed by atoms with Gasteiger partial charge in [-0.15, -0.1) is 0 Å². The van der Waals surface area contributed by atoms with Crippen LogP contribution in [-0.2, 0) is 14.3 Å². The molecule has 158 valence electrons. The number of carbonyl (C=O) groups excluding carboxylic acids is 3. The van der Waals surface area contributed by atoms with Crippen molar-refractivity contribution < 1.29 is 19.1 Å². The Morgan fingerprint density at radius 2 is 1.57 bits per heavy atom. The van der Waals surface area contributed by atoms with Crippen molar-refractivity contribution in [3.63, 3.8) is 0 Å². The topological polar surface area (TPSA) is 75.7 Å². The Morgan fingerprint density at radius 1 is 0.967 bits per heavy atom. The molecule has 0 aliphatic heterocycles. The molecule has 0 heterocycles. The van der Waals surface area contributed by atoms with E-state index in [1.165, 1.54) is 0 Å². The van der Waals surface area contributed by atoms with Gasteiger partial charge in [0, 0.05) is 6.04 Å². The molecule has 1 N–H and O–H groups in total. The first-order valence-corrected chi connectivity index (χ1v) is 10.5. The molecule has 6 heteroatoms. The lowest BCUT2D eigenvalue weighted by Crippen LogP contribution is -2.50. The van der Waals surface area contributed by atoms with E-state index in [1.807, 2.05) is 6.07 Å². The van der Waals surface area contributed by atoms with Gasteiger partial charge in [-0.2, -0.15) is 0 Å². The van der Waals surface area contributed by atoms with Crippen molar-refractivity contribution in [1.29, 1.82) is 0 Å². The number of amides is 3. The minimum Gasteiger partial charge on any atom is -0.465 e. The normalized spacial score (nSPS) is 15.1. The molecule has 1 aliphatic carbocycles. The Kier molecular flexibility index (Phi) is 7.60. The number of urea groups is 1. The summed E-state index contributed by atoms with van der Waals surface area (Å²) in [6, 6.07) is 16.9. The first-order chi connectivity index (χ1) is 14.6. The number of carbonyl (C=O) groups is 3. The summed E-state index contributed by atoms with van der Waals surface area (Å²) in [6.45, 7) is 1.84. The average Bonchev–Trinajstić information content (AvgIpc) is 2.76. The van der Waals surface area contributed by atoms with E-state index >= 15 is 0 Å². The van der Waals surface area contributed by atoms with Crippen LogP contribution in [0.3, 0.4) is 0 Å². The number of esters is 1. The maximum Gasteiger partial charge on any atom is 0.328 e. The Hall–Kier alpha value is -3.15. The molecule has 0 spiro atoms. The highest BCUT2D eigenvalue weighted by Crippen LogP contribution is 2.25. The van der Waals surface area contributed by atoms with Crippen LogP contribution in [0, 0.1) is 0 Å². The second kappa shape index (κ2) is 10.6. The fraction of sp³-hybridized carbons (Fsp3) is 0.375. The third-order valence-electron chi connectivity index (χ3n) is 5.27. The second-order valence-electron chi connectivity index (χ2n) is 7.39. The zero-order valence-electron chi connectivity index (χ0n) is 17.3. The van der Waals surface area contributed by atoms with Gasteiger partial charge in [-0.1, -0.05) is 67.8 Å². The van der Waals surface area contributed by atoms with E-state index in [9.17, 15) is 14.4 Å². The van der Waals surface area contributed by atoms with Crippen molar-refractivity contribution >= 4 is 23.6 Å². The molecule has 3 amide bonds. The number of anilines is 1. The van der Waals surface area contributed by atoms with E-state index in [2.05, 4.69) is 5.32 Å². The number of hydrogen-bond acceptors (Lipinski definition) is 4. The van der Waals surface area contributed by atoms with Gasteiger partial charge in [0.05, 0.1) is 12.3 Å². The van der Waals surface area contributed by atoms with Gasteiger partial charge in [-0.25, -0.2) is 9.69 Å². The summed E-state index contributed by atoms with van der Waals surface area (Å²) in [5, 5.41) is 2.99. The first-order valence-electron chi connectivity index (χ1n) is 10.5. The van der Waals surface area contributed by atoms with Gasteiger partial charge >= 0.3 is 12.0 Å². The standard InChI is InChI=1S/C24H28N2O4/c1-2-30-23(28)21(18-12-6-3-7-13-18)22(27)26(20-16-10-5-11-17-20)24(29)25-19-14-8-4-9-15-19/h3,5-7,10-13,16-17,19,21H,2,4,8-9,14-15H2,1H3,(H,25,29). The maximum atomic E-state index is 13.6. The quantitative estimate of drug-likeness (QED) is 0.567. The van der Waals surface area contributed by atoms with Crippen LogP contribution in [-0.4, -0.2) is 30.6 Å². The minimum atomic E-state index is -1.22. The molecule has 1 saturated carbocycles. The van der Waals surface area contributed by atoms with Gasteiger partial charge < -0.3 is 10.1 Å². The van der Waals surface area contributed by atoms with Crippen molar-refractivity contribution in [1.82, 2.24) is 5.32 Å². The summed E-state index contributed by atoms with van der Waals surface area (Å²) >= 11 is 0. The molecule has 6 nitrogen and oxygen atoms in total. The largest absolute Gasteiger partial charge is 0.465 e. The maximum absolute atomic E-state index is 13.6. The summed E-state index contributed by atoms with van der Waals surface area (Å²) in [6.07, 6.45) is 5.05. The molecule has 0 radical (unpaired) electrons. The molecule has 0 saturated heterocycles. The van der Waals surface area contributed by atoms with Gasteiger partial charge in [0.15, 0.2) is 5.92 Å². The fourth-order valence-electron chi connectivity index (χ4n) is 3.79. The lowest BCUT2D eigenvalue weighted by Gasteiger charge is -2.29. The number of nitrogens with one attached hydrogen (secondary N) is 1. The van der Waals surface area contributed by atoms with E-state index in [-0.39, 0.29) is 12.6 Å². The number of rotatable bonds is 6. The Balaban J connectivity index is 1.94. The lowest BCUT2D eigenvalue weighted by atomic mass is 9.95. The molecule has 1 atom stereocenters. The predicted octanol–water partition coefficient (Wildman–Crippen LogP) is 4.41. The van der Waals surface area contributed by atoms with Crippen LogP contribution in [0.1, 0.15) is 50.5 Å². The monoisotopic (exact) mass is 408 g/mol. The molecule has 30 heavy (non-hydrogen) atoms. The van der Waals surface area contributed by atoms with Crippen LogP contribution >= 0.6 is 0 Å². The lowest BCUT2D eigenvalue weighted by molar-refractivity contribution is -0.147. The SMILES string of the molecule is CCOC(=O)C(C(=O)N(C(=O)NC1CCCCC1)c1ccccc1)c1ccccc1. The van der Waals surface area contributed by atoms with Crippen molar-refractivity contribution in [2.24, 2.45) is 0 Å². The van der Waals surface area contributed by atoms with Crippen molar-refractivity contribution in [3.05, 3.63) is 66.2 Å². The second-order valence-corrected chi connectivity index (χ2v) is 7.39. The van der Waals surface area contributed by atoms with Gasteiger partial charge in [0.2, 0.25) is 0 Å². The van der Waals surface area contributed by atoms with E-state index in [4.69, 9.17) is 4.74 Å². The highest BCUT2D eigenvalue weighted by molar-refractivity contribution is 6.21. The third kappa shape index (κ3) is 5.26. The molecule has 3 rings (SSSR count). The Bertz CT molecular complexity index is 848. The van der Waals surface area contributed by atoms with Crippen molar-refractivity contribution in [2.75, 3.05) is 11.5 Å². The van der Waals surface area contributed by atoms with Crippen LogP contribution in [0.2, 0.25) is 0 Å². The summed E-state index contributed by atoms with van der Waals surface area (Å²) in [4.78, 5) is 40.6. The van der Waals surface area contributed by atoms with Crippen molar-refractivity contribution in [2.45, 2.75) is 51.0 Å². The molecule has 2 aromatic rings. The van der Waals surface area contributed by atoms with Crippen LogP contribution in [0.5, 0.6) is 0 Å². The third-order valence-corrected chi connectivity index (χ3v) is 5.27. The molecule has 1 unspecified atom stereocenters. The molecular formula is C24H28N2O4. The molecular weight excluding hydrogens is 380 g/mol. The highest BCUT2D eigenvalue weighted by Gasteiger charge is 2.37. The van der Waals surface area contributed by atoms with Gasteiger partial charge in [-0.3, -0.25) is 9.59 Å². The van der Waals surface area contributed by atoms with Crippen LogP contribution in [0.4, 0.5) is 10.5 Å². The Labute approximate surface area is 177 Å². The summed E-state index contributed by atoms with van der Waals surface area (Å²) in [5.41, 5.74) is 0.911. The van der Waals surface area contributed by atoms with E-state index in [0.717, 1.165) is 37.0 Å². The molecule has 0 aromatic heterocycles. The number of imide groups is 1. The zero-order chi connectivity index (χ0) is 21.3. The van der Waals surface area contributed by atoms with Crippen LogP contribution in [0.25, 0.3) is 0 Å². The van der Waals surface area contributed by atoms with Crippen molar-refractivity contribution in [3.8, 4) is 0 Å². The number of benzene rings is 2. The van der Waals surface area contributed by atoms with Gasteiger partial charge in [-0.05, 0) is 37.5 Å². The smallest absolute Gasteiger partial charge is 0.328 e. The fourth-order valence-corrected chi connectivity index (χ4v) is 3.79. The van der Waals surface area contributed by atoms with E-state index < -0.39 is 23.8 Å². The molecule has 0 bridgehead atoms. The number of hydrogen-bond donors (Lipinski definition) is 1. The summed E-state index contributed by atoms with van der Waals surface area (Å²) in [5.74, 6) is -2.51. The molecule has 2 aromatic carbocycles. The highest BCUT2D eigenvalue weighted by atomic mass is 16.5. The first kappa shape index (κ1) is 21.6. The number of para-hydroxylation sites is 1. The number of ether oxygens (including phenoxy) is 1. The predicted molar refractivity (Wildman–Crippen MR) is 115 cm³/mol. The summed E-state index contributed by atoms with van der Waals surface area (Å²) < 4.78 is 5.18. The van der Waals surface area contributed by atoms with Crippen LogP contribution in [0.15, 0.2) is 60.7 Å². The molecule has 1 aliphatic rings. The van der Waals surface area contributed by atoms with E-state index in [1.54, 1.807) is 61.5 Å². The van der Waals surface area contributed by atoms with Gasteiger partial charge in [0.25, 0.3) is 5.91 Å². The van der Waals surface area contributed by atoms with Crippen LogP contribution < -0.4 is 10.2 Å².